The quantitative estimate of drug-likeness (QED) is 0.904. The molecule has 4 nitrogen and oxygen atoms in total. The second kappa shape index (κ2) is 7.51. The van der Waals surface area contributed by atoms with Gasteiger partial charge in [-0.05, 0) is 36.6 Å². The molecule has 1 unspecified atom stereocenters. The maximum absolute atomic E-state index is 13.6. The molecule has 0 radical (unpaired) electrons. The van der Waals surface area contributed by atoms with Crippen LogP contribution >= 0.6 is 0 Å². The van der Waals surface area contributed by atoms with Gasteiger partial charge in [-0.3, -0.25) is 4.79 Å². The lowest BCUT2D eigenvalue weighted by Gasteiger charge is -2.21. The van der Waals surface area contributed by atoms with E-state index in [1.165, 1.54) is 0 Å². The average molecular weight is 346 g/mol. The van der Waals surface area contributed by atoms with Crippen LogP contribution in [0.25, 0.3) is 0 Å². The van der Waals surface area contributed by atoms with Crippen LogP contribution in [0.3, 0.4) is 0 Å². The van der Waals surface area contributed by atoms with Crippen molar-refractivity contribution in [2.24, 2.45) is 5.92 Å². The van der Waals surface area contributed by atoms with E-state index in [0.717, 1.165) is 43.1 Å². The molecule has 1 N–H and O–H groups in total. The summed E-state index contributed by atoms with van der Waals surface area (Å²) in [7, 11) is 1.64. The molecule has 1 heterocycles. The van der Waals surface area contributed by atoms with E-state index in [-0.39, 0.29) is 11.5 Å². The van der Waals surface area contributed by atoms with Crippen LogP contribution in [0.5, 0.6) is 5.75 Å². The fourth-order valence-corrected chi connectivity index (χ4v) is 3.11. The second-order valence-corrected chi connectivity index (χ2v) is 6.11. The van der Waals surface area contributed by atoms with Crippen LogP contribution in [0.4, 0.5) is 14.5 Å². The van der Waals surface area contributed by atoms with Gasteiger partial charge in [-0.25, -0.2) is 8.78 Å². The van der Waals surface area contributed by atoms with Crippen molar-refractivity contribution in [1.82, 2.24) is 5.32 Å². The van der Waals surface area contributed by atoms with Gasteiger partial charge in [-0.1, -0.05) is 12.1 Å². The summed E-state index contributed by atoms with van der Waals surface area (Å²) in [5, 5.41) is 2.74. The number of carbonyl (C=O) groups excluding carboxylic acids is 1. The van der Waals surface area contributed by atoms with Crippen molar-refractivity contribution in [3.05, 3.63) is 59.7 Å². The number of ether oxygens (including phenoxy) is 1. The Morgan fingerprint density at radius 3 is 2.84 bits per heavy atom. The van der Waals surface area contributed by atoms with Gasteiger partial charge < -0.3 is 15.0 Å². The lowest BCUT2D eigenvalue weighted by atomic mass is 10.1. The largest absolute Gasteiger partial charge is 0.495 e. The number of methoxy groups -OCH3 is 1. The van der Waals surface area contributed by atoms with E-state index in [0.29, 0.717) is 12.6 Å². The highest BCUT2D eigenvalue weighted by molar-refractivity contribution is 5.94. The number of benzene rings is 2. The van der Waals surface area contributed by atoms with Crippen LogP contribution in [0, 0.1) is 17.6 Å². The molecule has 0 aromatic heterocycles. The zero-order valence-electron chi connectivity index (χ0n) is 14.0. The standard InChI is InChI=1S/C19H20F2N2O2/c1-25-18-5-3-2-4-17(18)23-9-8-13(12-23)11-22-19(24)15-7-6-14(20)10-16(15)21/h2-7,10,13H,8-9,11-12H2,1H3,(H,22,24). The first kappa shape index (κ1) is 17.2. The van der Waals surface area contributed by atoms with Gasteiger partial charge in [-0.2, -0.15) is 0 Å². The van der Waals surface area contributed by atoms with Crippen LogP contribution in [-0.4, -0.2) is 32.7 Å². The third-order valence-electron chi connectivity index (χ3n) is 4.44. The Bertz CT molecular complexity index is 767. The molecular weight excluding hydrogens is 326 g/mol. The molecule has 1 atom stereocenters. The van der Waals surface area contributed by atoms with Crippen LogP contribution in [0.1, 0.15) is 16.8 Å². The first-order valence-electron chi connectivity index (χ1n) is 8.19. The number of nitrogens with one attached hydrogen (secondary N) is 1. The average Bonchev–Trinajstić information content (AvgIpc) is 3.08. The van der Waals surface area contributed by atoms with Crippen LogP contribution < -0.4 is 15.0 Å². The van der Waals surface area contributed by atoms with Crippen molar-refractivity contribution < 1.29 is 18.3 Å². The third kappa shape index (κ3) is 3.90. The van der Waals surface area contributed by atoms with Crippen molar-refractivity contribution in [1.29, 1.82) is 0 Å². The molecule has 6 heteroatoms. The molecule has 1 saturated heterocycles. The Hall–Kier alpha value is -2.63. The fraction of sp³-hybridized carbons (Fsp3) is 0.316. The number of nitrogens with zero attached hydrogens (tertiary/aromatic N) is 1. The lowest BCUT2D eigenvalue weighted by molar-refractivity contribution is 0.0944. The normalized spacial score (nSPS) is 16.8. The summed E-state index contributed by atoms with van der Waals surface area (Å²) in [6.07, 6.45) is 0.921. The van der Waals surface area contributed by atoms with Crippen LogP contribution in [-0.2, 0) is 0 Å². The van der Waals surface area contributed by atoms with E-state index in [9.17, 15) is 13.6 Å². The second-order valence-electron chi connectivity index (χ2n) is 6.11. The number of hydrogen-bond acceptors (Lipinski definition) is 3. The van der Waals surface area contributed by atoms with Gasteiger partial charge in [0, 0.05) is 25.7 Å². The molecule has 1 fully saturated rings. The van der Waals surface area contributed by atoms with E-state index in [1.807, 2.05) is 24.3 Å². The summed E-state index contributed by atoms with van der Waals surface area (Å²) < 4.78 is 32.0. The summed E-state index contributed by atoms with van der Waals surface area (Å²) in [5.74, 6) is -0.983. The van der Waals surface area contributed by atoms with E-state index >= 15 is 0 Å². The van der Waals surface area contributed by atoms with Gasteiger partial charge >= 0.3 is 0 Å². The molecule has 2 aromatic rings. The van der Waals surface area contributed by atoms with Gasteiger partial charge in [0.1, 0.15) is 17.4 Å². The highest BCUT2D eigenvalue weighted by Crippen LogP contribution is 2.31. The van der Waals surface area contributed by atoms with Gasteiger partial charge in [0.15, 0.2) is 0 Å². The topological polar surface area (TPSA) is 41.6 Å². The number of para-hydroxylation sites is 2. The predicted octanol–water partition coefficient (Wildman–Crippen LogP) is 3.23. The molecule has 1 amide bonds. The first-order valence-corrected chi connectivity index (χ1v) is 8.19. The number of amides is 1. The smallest absolute Gasteiger partial charge is 0.254 e. The van der Waals surface area contributed by atoms with Crippen molar-refractivity contribution in [2.75, 3.05) is 31.6 Å². The van der Waals surface area contributed by atoms with E-state index < -0.39 is 17.5 Å². The number of anilines is 1. The number of hydrogen-bond donors (Lipinski definition) is 1. The summed E-state index contributed by atoms with van der Waals surface area (Å²) in [5.41, 5.74) is 0.893. The molecule has 1 aliphatic heterocycles. The van der Waals surface area contributed by atoms with Crippen LogP contribution in [0.2, 0.25) is 0 Å². The minimum absolute atomic E-state index is 0.138. The zero-order chi connectivity index (χ0) is 17.8. The van der Waals surface area contributed by atoms with Crippen molar-refractivity contribution in [3.8, 4) is 5.75 Å². The van der Waals surface area contributed by atoms with Crippen molar-refractivity contribution in [2.45, 2.75) is 6.42 Å². The van der Waals surface area contributed by atoms with E-state index in [4.69, 9.17) is 4.74 Å². The summed E-state index contributed by atoms with van der Waals surface area (Å²) >= 11 is 0. The summed E-state index contributed by atoms with van der Waals surface area (Å²) in [4.78, 5) is 14.3. The fourth-order valence-electron chi connectivity index (χ4n) is 3.11. The zero-order valence-corrected chi connectivity index (χ0v) is 14.0. The molecule has 0 saturated carbocycles. The molecule has 132 valence electrons. The number of carbonyl (C=O) groups is 1. The molecule has 1 aliphatic rings. The Morgan fingerprint density at radius 2 is 2.08 bits per heavy atom. The number of halogens is 2. The highest BCUT2D eigenvalue weighted by atomic mass is 19.1. The molecule has 0 spiro atoms. The van der Waals surface area contributed by atoms with Crippen LogP contribution in [0.15, 0.2) is 42.5 Å². The van der Waals surface area contributed by atoms with Gasteiger partial charge in [0.25, 0.3) is 5.91 Å². The molecular formula is C19H20F2N2O2. The molecule has 0 bridgehead atoms. The monoisotopic (exact) mass is 346 g/mol. The molecule has 3 rings (SSSR count). The first-order chi connectivity index (χ1) is 12.1. The Labute approximate surface area is 145 Å². The Morgan fingerprint density at radius 1 is 1.28 bits per heavy atom. The van der Waals surface area contributed by atoms with Gasteiger partial charge in [0.05, 0.1) is 18.4 Å². The van der Waals surface area contributed by atoms with Gasteiger partial charge in [0.2, 0.25) is 0 Å². The molecule has 2 aromatic carbocycles. The van der Waals surface area contributed by atoms with Gasteiger partial charge in [-0.15, -0.1) is 0 Å². The lowest BCUT2D eigenvalue weighted by Crippen LogP contribution is -2.31. The minimum Gasteiger partial charge on any atom is -0.495 e. The Balaban J connectivity index is 1.57. The van der Waals surface area contributed by atoms with E-state index in [2.05, 4.69) is 10.2 Å². The number of rotatable bonds is 5. The maximum atomic E-state index is 13.6. The predicted molar refractivity (Wildman–Crippen MR) is 92.0 cm³/mol. The SMILES string of the molecule is COc1ccccc1N1CCC(CNC(=O)c2ccc(F)cc2F)C1. The maximum Gasteiger partial charge on any atom is 0.254 e. The summed E-state index contributed by atoms with van der Waals surface area (Å²) in [6.45, 7) is 2.10. The summed E-state index contributed by atoms with van der Waals surface area (Å²) in [6, 6.07) is 10.8. The Kier molecular flexibility index (Phi) is 5.16. The molecule has 0 aliphatic carbocycles. The minimum atomic E-state index is -0.848. The third-order valence-corrected chi connectivity index (χ3v) is 4.44. The van der Waals surface area contributed by atoms with Crippen molar-refractivity contribution >= 4 is 11.6 Å². The highest BCUT2D eigenvalue weighted by Gasteiger charge is 2.25. The van der Waals surface area contributed by atoms with E-state index in [1.54, 1.807) is 7.11 Å². The van der Waals surface area contributed by atoms with Crippen molar-refractivity contribution in [3.63, 3.8) is 0 Å². The molecule has 25 heavy (non-hydrogen) atoms.